The van der Waals surface area contributed by atoms with E-state index in [1.54, 1.807) is 6.20 Å². The van der Waals surface area contributed by atoms with Gasteiger partial charge < -0.3 is 9.64 Å². The third-order valence-corrected chi connectivity index (χ3v) is 3.07. The van der Waals surface area contributed by atoms with E-state index >= 15 is 0 Å². The second-order valence-electron chi connectivity index (χ2n) is 5.08. The van der Waals surface area contributed by atoms with Crippen molar-refractivity contribution in [2.45, 2.75) is 13.3 Å². The molecule has 4 nitrogen and oxygen atoms in total. The summed E-state index contributed by atoms with van der Waals surface area (Å²) < 4.78 is 5.63. The minimum Gasteiger partial charge on any atom is -0.478 e. The van der Waals surface area contributed by atoms with Gasteiger partial charge in [-0.1, -0.05) is 0 Å². The normalized spacial score (nSPS) is 10.8. The molecule has 2 heterocycles. The molecule has 4 heteroatoms. The zero-order valence-electron chi connectivity index (χ0n) is 12.3. The average molecular weight is 271 g/mol. The fraction of sp³-hybridized carbons (Fsp3) is 0.375. The van der Waals surface area contributed by atoms with Crippen LogP contribution in [0.25, 0.3) is 11.1 Å². The van der Waals surface area contributed by atoms with Crippen LogP contribution in [0.5, 0.6) is 5.88 Å². The monoisotopic (exact) mass is 271 g/mol. The van der Waals surface area contributed by atoms with E-state index in [2.05, 4.69) is 29.0 Å². The van der Waals surface area contributed by atoms with E-state index in [0.29, 0.717) is 12.5 Å². The summed E-state index contributed by atoms with van der Waals surface area (Å²) in [6.07, 6.45) is 6.51. The summed E-state index contributed by atoms with van der Waals surface area (Å²) in [4.78, 5) is 10.6. The Kier molecular flexibility index (Phi) is 5.07. The first kappa shape index (κ1) is 14.5. The Bertz CT molecular complexity index is 538. The van der Waals surface area contributed by atoms with E-state index in [0.717, 1.165) is 29.7 Å². The third-order valence-electron chi connectivity index (χ3n) is 3.07. The van der Waals surface area contributed by atoms with Gasteiger partial charge in [0.05, 0.1) is 6.61 Å². The molecule has 0 saturated heterocycles. The van der Waals surface area contributed by atoms with Gasteiger partial charge in [-0.3, -0.25) is 4.98 Å². The number of hydrogen-bond acceptors (Lipinski definition) is 4. The smallest absolute Gasteiger partial charge is 0.213 e. The van der Waals surface area contributed by atoms with Crippen molar-refractivity contribution in [2.75, 3.05) is 27.2 Å². The standard InChI is InChI=1S/C16H21N3O/c1-13-11-17-8-7-15(13)14-5-6-16(18-12-14)20-10-4-9-19(2)3/h5-8,11-12H,4,9-10H2,1-3H3. The van der Waals surface area contributed by atoms with Crippen LogP contribution in [0.15, 0.2) is 36.8 Å². The second-order valence-corrected chi connectivity index (χ2v) is 5.08. The fourth-order valence-electron chi connectivity index (χ4n) is 1.98. The number of nitrogens with zero attached hydrogens (tertiary/aromatic N) is 3. The molecule has 0 fully saturated rings. The highest BCUT2D eigenvalue weighted by Gasteiger charge is 2.03. The molecule has 2 aromatic heterocycles. The SMILES string of the molecule is Cc1cnccc1-c1ccc(OCCCN(C)C)nc1. The molecule has 2 aromatic rings. The van der Waals surface area contributed by atoms with Crippen LogP contribution in [0.3, 0.4) is 0 Å². The van der Waals surface area contributed by atoms with E-state index in [9.17, 15) is 0 Å². The Morgan fingerprint density at radius 2 is 2.00 bits per heavy atom. The molecule has 0 aliphatic carbocycles. The van der Waals surface area contributed by atoms with Crippen molar-refractivity contribution >= 4 is 0 Å². The van der Waals surface area contributed by atoms with Gasteiger partial charge in [0.2, 0.25) is 5.88 Å². The maximum Gasteiger partial charge on any atom is 0.213 e. The first-order valence-electron chi connectivity index (χ1n) is 6.81. The molecule has 0 aromatic carbocycles. The lowest BCUT2D eigenvalue weighted by Crippen LogP contribution is -2.15. The maximum atomic E-state index is 5.63. The van der Waals surface area contributed by atoms with Crippen LogP contribution in [-0.4, -0.2) is 42.1 Å². The van der Waals surface area contributed by atoms with Crippen molar-refractivity contribution in [1.29, 1.82) is 0 Å². The van der Waals surface area contributed by atoms with Crippen molar-refractivity contribution in [3.63, 3.8) is 0 Å². The Hall–Kier alpha value is -1.94. The molecule has 0 bridgehead atoms. The highest BCUT2D eigenvalue weighted by Crippen LogP contribution is 2.22. The molecule has 20 heavy (non-hydrogen) atoms. The Morgan fingerprint density at radius 3 is 2.65 bits per heavy atom. The summed E-state index contributed by atoms with van der Waals surface area (Å²) >= 11 is 0. The van der Waals surface area contributed by atoms with E-state index in [1.165, 1.54) is 0 Å². The van der Waals surface area contributed by atoms with Gasteiger partial charge in [-0.25, -0.2) is 4.98 Å². The molecule has 106 valence electrons. The molecule has 0 N–H and O–H groups in total. The number of pyridine rings is 2. The van der Waals surface area contributed by atoms with E-state index in [4.69, 9.17) is 4.74 Å². The predicted octanol–water partition coefficient (Wildman–Crippen LogP) is 2.78. The number of aryl methyl sites for hydroxylation is 1. The molecule has 0 atom stereocenters. The fourth-order valence-corrected chi connectivity index (χ4v) is 1.98. The van der Waals surface area contributed by atoms with Crippen molar-refractivity contribution in [3.05, 3.63) is 42.4 Å². The molecule has 0 radical (unpaired) electrons. The van der Waals surface area contributed by atoms with Crippen LogP contribution < -0.4 is 4.74 Å². The van der Waals surface area contributed by atoms with Crippen molar-refractivity contribution in [2.24, 2.45) is 0 Å². The van der Waals surface area contributed by atoms with Crippen LogP contribution in [0.4, 0.5) is 0 Å². The first-order valence-corrected chi connectivity index (χ1v) is 6.81. The molecular formula is C16H21N3O. The predicted molar refractivity (Wildman–Crippen MR) is 80.9 cm³/mol. The maximum absolute atomic E-state index is 5.63. The molecule has 0 amide bonds. The Labute approximate surface area is 120 Å². The number of ether oxygens (including phenoxy) is 1. The highest BCUT2D eigenvalue weighted by atomic mass is 16.5. The van der Waals surface area contributed by atoms with Crippen molar-refractivity contribution < 1.29 is 4.74 Å². The summed E-state index contributed by atoms with van der Waals surface area (Å²) in [5.41, 5.74) is 3.39. The quantitative estimate of drug-likeness (QED) is 0.757. The van der Waals surface area contributed by atoms with Gasteiger partial charge in [0.25, 0.3) is 0 Å². The molecule has 0 unspecified atom stereocenters. The summed E-state index contributed by atoms with van der Waals surface area (Å²) in [5, 5.41) is 0. The van der Waals surface area contributed by atoms with Crippen LogP contribution in [0.2, 0.25) is 0 Å². The van der Waals surface area contributed by atoms with Gasteiger partial charge >= 0.3 is 0 Å². The third kappa shape index (κ3) is 4.03. The molecule has 0 saturated carbocycles. The average Bonchev–Trinajstić information content (AvgIpc) is 2.45. The lowest BCUT2D eigenvalue weighted by Gasteiger charge is -2.10. The molecule has 0 spiro atoms. The number of hydrogen-bond donors (Lipinski definition) is 0. The number of aromatic nitrogens is 2. The largest absolute Gasteiger partial charge is 0.478 e. The first-order chi connectivity index (χ1) is 9.66. The van der Waals surface area contributed by atoms with Crippen molar-refractivity contribution in [3.8, 4) is 17.0 Å². The summed E-state index contributed by atoms with van der Waals surface area (Å²) in [6, 6.07) is 5.96. The molecular weight excluding hydrogens is 250 g/mol. The van der Waals surface area contributed by atoms with Crippen LogP contribution in [-0.2, 0) is 0 Å². The van der Waals surface area contributed by atoms with Gasteiger partial charge in [0.1, 0.15) is 0 Å². The zero-order chi connectivity index (χ0) is 14.4. The van der Waals surface area contributed by atoms with Gasteiger partial charge in [0, 0.05) is 36.8 Å². The summed E-state index contributed by atoms with van der Waals surface area (Å²) in [6.45, 7) is 3.76. The van der Waals surface area contributed by atoms with E-state index in [-0.39, 0.29) is 0 Å². The molecule has 0 aliphatic rings. The minimum absolute atomic E-state index is 0.680. The Balaban J connectivity index is 1.95. The summed E-state index contributed by atoms with van der Waals surface area (Å²) in [5.74, 6) is 0.680. The van der Waals surface area contributed by atoms with Gasteiger partial charge in [-0.2, -0.15) is 0 Å². The molecule has 2 rings (SSSR count). The van der Waals surface area contributed by atoms with E-state index in [1.807, 2.05) is 37.5 Å². The topological polar surface area (TPSA) is 38.2 Å². The van der Waals surface area contributed by atoms with E-state index < -0.39 is 0 Å². The highest BCUT2D eigenvalue weighted by molar-refractivity contribution is 5.65. The Morgan fingerprint density at radius 1 is 1.15 bits per heavy atom. The van der Waals surface area contributed by atoms with Crippen LogP contribution >= 0.6 is 0 Å². The van der Waals surface area contributed by atoms with Gasteiger partial charge in [-0.15, -0.1) is 0 Å². The number of rotatable bonds is 6. The van der Waals surface area contributed by atoms with Crippen LogP contribution in [0.1, 0.15) is 12.0 Å². The summed E-state index contributed by atoms with van der Waals surface area (Å²) in [7, 11) is 4.12. The zero-order valence-corrected chi connectivity index (χ0v) is 12.3. The lowest BCUT2D eigenvalue weighted by molar-refractivity contribution is 0.273. The van der Waals surface area contributed by atoms with Crippen molar-refractivity contribution in [1.82, 2.24) is 14.9 Å². The minimum atomic E-state index is 0.680. The molecule has 0 aliphatic heterocycles. The second kappa shape index (κ2) is 7.01. The van der Waals surface area contributed by atoms with Gasteiger partial charge in [-0.05, 0) is 50.7 Å². The van der Waals surface area contributed by atoms with Crippen LogP contribution in [0, 0.1) is 6.92 Å². The lowest BCUT2D eigenvalue weighted by atomic mass is 10.1. The van der Waals surface area contributed by atoms with Gasteiger partial charge in [0.15, 0.2) is 0 Å².